The van der Waals surface area contributed by atoms with Crippen LogP contribution in [0.1, 0.15) is 28.0 Å². The van der Waals surface area contributed by atoms with E-state index in [1.807, 2.05) is 6.92 Å². The SMILES string of the molecule is Cc1[nH]ncc1CCCNc1ccc(C(=O)O)c(F)c1F. The number of halogens is 2. The van der Waals surface area contributed by atoms with Gasteiger partial charge in [0.15, 0.2) is 11.6 Å². The largest absolute Gasteiger partial charge is 0.478 e. The van der Waals surface area contributed by atoms with E-state index >= 15 is 0 Å². The van der Waals surface area contributed by atoms with Crippen molar-refractivity contribution in [2.75, 3.05) is 11.9 Å². The zero-order chi connectivity index (χ0) is 15.4. The number of benzene rings is 1. The van der Waals surface area contributed by atoms with Crippen molar-refractivity contribution in [3.63, 3.8) is 0 Å². The van der Waals surface area contributed by atoms with Gasteiger partial charge in [-0.1, -0.05) is 0 Å². The van der Waals surface area contributed by atoms with E-state index in [0.717, 1.165) is 23.7 Å². The highest BCUT2D eigenvalue weighted by atomic mass is 19.2. The zero-order valence-electron chi connectivity index (χ0n) is 11.4. The molecule has 7 heteroatoms. The molecule has 0 saturated carbocycles. The van der Waals surface area contributed by atoms with Crippen LogP contribution >= 0.6 is 0 Å². The molecule has 0 unspecified atom stereocenters. The summed E-state index contributed by atoms with van der Waals surface area (Å²) in [5.74, 6) is -4.01. The van der Waals surface area contributed by atoms with Crippen LogP contribution in [0.4, 0.5) is 14.5 Å². The molecule has 0 bridgehead atoms. The highest BCUT2D eigenvalue weighted by Gasteiger charge is 2.17. The van der Waals surface area contributed by atoms with Crippen LogP contribution in [0, 0.1) is 18.6 Å². The number of aryl methyl sites for hydroxylation is 2. The van der Waals surface area contributed by atoms with Gasteiger partial charge in [0.05, 0.1) is 17.4 Å². The van der Waals surface area contributed by atoms with Crippen molar-refractivity contribution in [1.29, 1.82) is 0 Å². The fraction of sp³-hybridized carbons (Fsp3) is 0.286. The molecule has 1 heterocycles. The lowest BCUT2D eigenvalue weighted by molar-refractivity contribution is 0.0690. The minimum absolute atomic E-state index is 0.0404. The third-order valence-corrected chi connectivity index (χ3v) is 3.19. The summed E-state index contributed by atoms with van der Waals surface area (Å²) in [6.07, 6.45) is 3.20. The van der Waals surface area contributed by atoms with Gasteiger partial charge in [0.25, 0.3) is 0 Å². The third kappa shape index (κ3) is 3.36. The van der Waals surface area contributed by atoms with Gasteiger partial charge in [-0.05, 0) is 37.5 Å². The molecule has 0 radical (unpaired) electrons. The molecule has 0 saturated heterocycles. The van der Waals surface area contributed by atoms with Crippen LogP contribution < -0.4 is 5.32 Å². The molecule has 0 aliphatic rings. The Bertz CT molecular complexity index is 656. The molecule has 5 nitrogen and oxygen atoms in total. The second-order valence-electron chi connectivity index (χ2n) is 4.64. The molecular formula is C14H15F2N3O2. The van der Waals surface area contributed by atoms with E-state index in [-0.39, 0.29) is 5.69 Å². The Morgan fingerprint density at radius 3 is 2.76 bits per heavy atom. The summed E-state index contributed by atoms with van der Waals surface area (Å²) in [5, 5.41) is 18.2. The van der Waals surface area contributed by atoms with Crippen molar-refractivity contribution >= 4 is 11.7 Å². The molecule has 0 atom stereocenters. The number of carboxylic acids is 1. The van der Waals surface area contributed by atoms with Gasteiger partial charge in [-0.2, -0.15) is 5.10 Å². The number of aromatic nitrogens is 2. The first-order valence-corrected chi connectivity index (χ1v) is 6.44. The molecule has 1 aromatic carbocycles. The number of aromatic amines is 1. The number of rotatable bonds is 6. The van der Waals surface area contributed by atoms with Crippen LogP contribution in [-0.2, 0) is 6.42 Å². The predicted molar refractivity (Wildman–Crippen MR) is 73.5 cm³/mol. The molecule has 2 rings (SSSR count). The molecule has 112 valence electrons. The molecular weight excluding hydrogens is 280 g/mol. The van der Waals surface area contributed by atoms with Crippen molar-refractivity contribution in [2.24, 2.45) is 0 Å². The summed E-state index contributed by atoms with van der Waals surface area (Å²) in [6.45, 7) is 2.35. The number of carboxylic acid groups (broad SMARTS) is 1. The van der Waals surface area contributed by atoms with Gasteiger partial charge in [-0.3, -0.25) is 5.10 Å². The van der Waals surface area contributed by atoms with Crippen LogP contribution in [0.15, 0.2) is 18.3 Å². The topological polar surface area (TPSA) is 78.0 Å². The van der Waals surface area contributed by atoms with Gasteiger partial charge in [-0.15, -0.1) is 0 Å². The van der Waals surface area contributed by atoms with Crippen molar-refractivity contribution in [2.45, 2.75) is 19.8 Å². The van der Waals surface area contributed by atoms with Gasteiger partial charge in [-0.25, -0.2) is 13.6 Å². The molecule has 0 aliphatic carbocycles. The smallest absolute Gasteiger partial charge is 0.338 e. The number of hydrogen-bond acceptors (Lipinski definition) is 3. The van der Waals surface area contributed by atoms with Gasteiger partial charge >= 0.3 is 5.97 Å². The lowest BCUT2D eigenvalue weighted by Gasteiger charge is -2.09. The number of H-pyrrole nitrogens is 1. The number of nitrogens with one attached hydrogen (secondary N) is 2. The van der Waals surface area contributed by atoms with Crippen LogP contribution in [0.2, 0.25) is 0 Å². The Morgan fingerprint density at radius 1 is 1.38 bits per heavy atom. The second-order valence-corrected chi connectivity index (χ2v) is 4.64. The van der Waals surface area contributed by atoms with E-state index in [1.54, 1.807) is 6.20 Å². The van der Waals surface area contributed by atoms with Crippen LogP contribution in [0.3, 0.4) is 0 Å². The maximum Gasteiger partial charge on any atom is 0.338 e. The molecule has 2 aromatic rings. The first kappa shape index (κ1) is 15.0. The van der Waals surface area contributed by atoms with Crippen LogP contribution in [0.25, 0.3) is 0 Å². The van der Waals surface area contributed by atoms with Crippen LogP contribution in [0.5, 0.6) is 0 Å². The Hall–Kier alpha value is -2.44. The molecule has 0 spiro atoms. The van der Waals surface area contributed by atoms with E-state index in [0.29, 0.717) is 13.0 Å². The Morgan fingerprint density at radius 2 is 2.14 bits per heavy atom. The van der Waals surface area contributed by atoms with Gasteiger partial charge in [0, 0.05) is 12.2 Å². The molecule has 1 aromatic heterocycles. The van der Waals surface area contributed by atoms with E-state index in [9.17, 15) is 13.6 Å². The van der Waals surface area contributed by atoms with Crippen molar-refractivity contribution in [3.8, 4) is 0 Å². The third-order valence-electron chi connectivity index (χ3n) is 3.19. The summed E-state index contributed by atoms with van der Waals surface area (Å²) in [7, 11) is 0. The van der Waals surface area contributed by atoms with E-state index in [2.05, 4.69) is 15.5 Å². The van der Waals surface area contributed by atoms with Crippen molar-refractivity contribution < 1.29 is 18.7 Å². The molecule has 0 aliphatic heterocycles. The molecule has 0 amide bonds. The van der Waals surface area contributed by atoms with E-state index in [4.69, 9.17) is 5.11 Å². The first-order valence-electron chi connectivity index (χ1n) is 6.44. The average molecular weight is 295 g/mol. The van der Waals surface area contributed by atoms with Gasteiger partial charge in [0.1, 0.15) is 0 Å². The quantitative estimate of drug-likeness (QED) is 0.716. The first-order chi connectivity index (χ1) is 10.0. The summed E-state index contributed by atoms with van der Waals surface area (Å²) in [5.41, 5.74) is 1.34. The molecule has 3 N–H and O–H groups in total. The standard InChI is InChI=1S/C14H15F2N3O2/c1-8-9(7-18-19-8)3-2-6-17-11-5-4-10(14(20)21)12(15)13(11)16/h4-5,7,17H,2-3,6H2,1H3,(H,18,19)(H,20,21). The van der Waals surface area contributed by atoms with Gasteiger partial charge < -0.3 is 10.4 Å². The van der Waals surface area contributed by atoms with Crippen molar-refractivity contribution in [3.05, 3.63) is 46.8 Å². The Kier molecular flexibility index (Phi) is 4.52. The second kappa shape index (κ2) is 6.34. The average Bonchev–Trinajstić information content (AvgIpc) is 2.84. The van der Waals surface area contributed by atoms with E-state index in [1.165, 1.54) is 6.07 Å². The summed E-state index contributed by atoms with van der Waals surface area (Å²) >= 11 is 0. The minimum Gasteiger partial charge on any atom is -0.478 e. The van der Waals surface area contributed by atoms with Gasteiger partial charge in [0.2, 0.25) is 0 Å². The Balaban J connectivity index is 1.93. The zero-order valence-corrected chi connectivity index (χ0v) is 11.4. The minimum atomic E-state index is -1.49. The monoisotopic (exact) mass is 295 g/mol. The lowest BCUT2D eigenvalue weighted by Crippen LogP contribution is -2.09. The highest BCUT2D eigenvalue weighted by molar-refractivity contribution is 5.88. The summed E-state index contributed by atoms with van der Waals surface area (Å²) in [4.78, 5) is 10.7. The lowest BCUT2D eigenvalue weighted by atomic mass is 10.1. The highest BCUT2D eigenvalue weighted by Crippen LogP contribution is 2.20. The van der Waals surface area contributed by atoms with Crippen LogP contribution in [-0.4, -0.2) is 27.8 Å². The summed E-state index contributed by atoms with van der Waals surface area (Å²) < 4.78 is 27.2. The molecule has 21 heavy (non-hydrogen) atoms. The normalized spacial score (nSPS) is 10.6. The number of carbonyl (C=O) groups is 1. The predicted octanol–water partition coefficient (Wildman–Crippen LogP) is 2.74. The Labute approximate surface area is 120 Å². The number of aromatic carboxylic acids is 1. The maximum absolute atomic E-state index is 13.7. The van der Waals surface area contributed by atoms with E-state index < -0.39 is 23.2 Å². The maximum atomic E-state index is 13.7. The molecule has 0 fully saturated rings. The fourth-order valence-electron chi connectivity index (χ4n) is 1.98. The number of hydrogen-bond donors (Lipinski definition) is 3. The number of nitrogens with zero attached hydrogens (tertiary/aromatic N) is 1. The summed E-state index contributed by atoms with van der Waals surface area (Å²) in [6, 6.07) is 2.27. The number of anilines is 1. The van der Waals surface area contributed by atoms with Crippen molar-refractivity contribution in [1.82, 2.24) is 10.2 Å². The fourth-order valence-corrected chi connectivity index (χ4v) is 1.98.